The molecular weight excluding hydrogens is 253 g/mol. The molecule has 7 heteroatoms. The number of hydrogen-bond acceptors (Lipinski definition) is 4. The van der Waals surface area contributed by atoms with Crippen LogP contribution in [0.1, 0.15) is 6.42 Å². The lowest BCUT2D eigenvalue weighted by Crippen LogP contribution is -2.45. The second-order valence-electron chi connectivity index (χ2n) is 4.27. The van der Waals surface area contributed by atoms with Gasteiger partial charge in [-0.3, -0.25) is 14.6 Å². The molecule has 1 saturated heterocycles. The minimum atomic E-state index is -1.22. The number of halogens is 1. The van der Waals surface area contributed by atoms with Crippen LogP contribution in [0.4, 0.5) is 4.39 Å². The minimum Gasteiger partial charge on any atom is -0.482 e. The summed E-state index contributed by atoms with van der Waals surface area (Å²) in [6.45, 7) is -0.398. The van der Waals surface area contributed by atoms with Crippen LogP contribution >= 0.6 is 0 Å². The van der Waals surface area contributed by atoms with E-state index in [-0.39, 0.29) is 19.6 Å². The summed E-state index contributed by atoms with van der Waals surface area (Å²) in [5.74, 6) is -0.731. The van der Waals surface area contributed by atoms with Crippen molar-refractivity contribution in [2.75, 3.05) is 13.2 Å². The fraction of sp³-hybridized carbons (Fsp3) is 0.417. The number of rotatable bonds is 4. The van der Waals surface area contributed by atoms with Gasteiger partial charge >= 0.3 is 0 Å². The van der Waals surface area contributed by atoms with Crippen molar-refractivity contribution in [1.29, 1.82) is 0 Å². The van der Waals surface area contributed by atoms with E-state index in [1.807, 2.05) is 0 Å². The van der Waals surface area contributed by atoms with E-state index in [1.54, 1.807) is 18.3 Å². The Morgan fingerprint density at radius 1 is 1.58 bits per heavy atom. The van der Waals surface area contributed by atoms with Crippen molar-refractivity contribution in [3.63, 3.8) is 0 Å². The highest BCUT2D eigenvalue weighted by Crippen LogP contribution is 2.20. The molecule has 0 unspecified atom stereocenters. The van der Waals surface area contributed by atoms with E-state index in [9.17, 15) is 14.0 Å². The maximum absolute atomic E-state index is 13.3. The Bertz CT molecular complexity index is 469. The quantitative estimate of drug-likeness (QED) is 0.824. The van der Waals surface area contributed by atoms with Crippen LogP contribution in [0.2, 0.25) is 0 Å². The maximum atomic E-state index is 13.3. The summed E-state index contributed by atoms with van der Waals surface area (Å²) in [5, 5.41) is 0. The highest BCUT2D eigenvalue weighted by atomic mass is 19.1. The Kier molecular flexibility index (Phi) is 3.94. The van der Waals surface area contributed by atoms with Gasteiger partial charge in [0, 0.05) is 12.6 Å². The van der Waals surface area contributed by atoms with E-state index in [4.69, 9.17) is 10.5 Å². The molecule has 0 radical (unpaired) electrons. The molecule has 6 nitrogen and oxygen atoms in total. The number of primary amides is 1. The van der Waals surface area contributed by atoms with Crippen LogP contribution in [-0.2, 0) is 9.59 Å². The number of aromatic nitrogens is 1. The number of amides is 2. The molecule has 0 saturated carbocycles. The highest BCUT2D eigenvalue weighted by molar-refractivity contribution is 5.88. The summed E-state index contributed by atoms with van der Waals surface area (Å²) in [6, 6.07) is 2.42. The summed E-state index contributed by atoms with van der Waals surface area (Å²) in [4.78, 5) is 28.0. The van der Waals surface area contributed by atoms with E-state index < -0.39 is 24.0 Å². The number of carbonyl (C=O) groups is 2. The Morgan fingerprint density at radius 3 is 3.00 bits per heavy atom. The largest absolute Gasteiger partial charge is 0.482 e. The van der Waals surface area contributed by atoms with Crippen molar-refractivity contribution in [3.05, 3.63) is 24.5 Å². The number of ether oxygens (including phenoxy) is 1. The molecule has 0 aromatic carbocycles. The zero-order valence-electron chi connectivity index (χ0n) is 10.2. The lowest BCUT2D eigenvalue weighted by atomic mass is 10.2. The van der Waals surface area contributed by atoms with Gasteiger partial charge in [0.25, 0.3) is 5.91 Å². The molecule has 1 aromatic rings. The second-order valence-corrected chi connectivity index (χ2v) is 4.27. The van der Waals surface area contributed by atoms with Gasteiger partial charge in [-0.2, -0.15) is 0 Å². The van der Waals surface area contributed by atoms with Crippen LogP contribution in [0, 0.1) is 0 Å². The monoisotopic (exact) mass is 267 g/mol. The van der Waals surface area contributed by atoms with E-state index in [2.05, 4.69) is 4.98 Å². The summed E-state index contributed by atoms with van der Waals surface area (Å²) in [7, 11) is 0. The summed E-state index contributed by atoms with van der Waals surface area (Å²) < 4.78 is 18.5. The van der Waals surface area contributed by atoms with Gasteiger partial charge in [0.2, 0.25) is 5.91 Å². The van der Waals surface area contributed by atoms with Crippen LogP contribution in [0.25, 0.3) is 0 Å². The van der Waals surface area contributed by atoms with Crippen LogP contribution in [0.3, 0.4) is 0 Å². The number of nitrogens with two attached hydrogens (primary N) is 1. The first kappa shape index (κ1) is 13.3. The molecule has 102 valence electrons. The summed E-state index contributed by atoms with van der Waals surface area (Å²) >= 11 is 0. The molecular formula is C12H14FN3O3. The van der Waals surface area contributed by atoms with Crippen LogP contribution in [0.15, 0.2) is 24.5 Å². The smallest absolute Gasteiger partial charge is 0.261 e. The molecule has 2 rings (SSSR count). The number of likely N-dealkylation sites (tertiary alicyclic amines) is 1. The van der Waals surface area contributed by atoms with E-state index in [0.29, 0.717) is 5.75 Å². The molecule has 1 aromatic heterocycles. The molecule has 2 atom stereocenters. The van der Waals surface area contributed by atoms with E-state index in [0.717, 1.165) is 4.90 Å². The third kappa shape index (κ3) is 3.18. The molecule has 1 aliphatic heterocycles. The van der Waals surface area contributed by atoms with Crippen LogP contribution in [-0.4, -0.2) is 47.1 Å². The predicted molar refractivity (Wildman–Crippen MR) is 63.9 cm³/mol. The van der Waals surface area contributed by atoms with Gasteiger partial charge in [-0.1, -0.05) is 0 Å². The van der Waals surface area contributed by atoms with Gasteiger partial charge in [-0.25, -0.2) is 4.39 Å². The van der Waals surface area contributed by atoms with Crippen molar-refractivity contribution in [1.82, 2.24) is 9.88 Å². The van der Waals surface area contributed by atoms with Gasteiger partial charge in [-0.15, -0.1) is 0 Å². The SMILES string of the molecule is NC(=O)[C@@H]1C[C@@H](F)CN1C(=O)COc1cccnc1. The Balaban J connectivity index is 1.94. The molecule has 2 N–H and O–H groups in total. The first-order chi connectivity index (χ1) is 9.08. The van der Waals surface area contributed by atoms with Crippen molar-refractivity contribution in [2.24, 2.45) is 5.73 Å². The molecule has 1 fully saturated rings. The van der Waals surface area contributed by atoms with Crippen molar-refractivity contribution >= 4 is 11.8 Å². The topological polar surface area (TPSA) is 85.5 Å². The predicted octanol–water partition coefficient (Wildman–Crippen LogP) is -0.115. The summed E-state index contributed by atoms with van der Waals surface area (Å²) in [5.41, 5.74) is 5.15. The molecule has 0 bridgehead atoms. The third-order valence-electron chi connectivity index (χ3n) is 2.90. The zero-order valence-corrected chi connectivity index (χ0v) is 10.2. The molecule has 0 aliphatic carbocycles. The Labute approximate surface area is 109 Å². The molecule has 1 aliphatic rings. The van der Waals surface area contributed by atoms with Gasteiger partial charge < -0.3 is 15.4 Å². The normalized spacial score (nSPS) is 22.3. The lowest BCUT2D eigenvalue weighted by molar-refractivity contribution is -0.139. The Morgan fingerprint density at radius 2 is 2.37 bits per heavy atom. The number of carbonyl (C=O) groups excluding carboxylic acids is 2. The molecule has 2 amide bonds. The lowest BCUT2D eigenvalue weighted by Gasteiger charge is -2.21. The fourth-order valence-corrected chi connectivity index (χ4v) is 1.99. The average Bonchev–Trinajstić information content (AvgIpc) is 2.79. The van der Waals surface area contributed by atoms with Gasteiger partial charge in [0.05, 0.1) is 12.7 Å². The second kappa shape index (κ2) is 5.64. The fourth-order valence-electron chi connectivity index (χ4n) is 1.99. The summed E-state index contributed by atoms with van der Waals surface area (Å²) in [6.07, 6.45) is 1.76. The molecule has 19 heavy (non-hydrogen) atoms. The van der Waals surface area contributed by atoms with Crippen LogP contribution in [0.5, 0.6) is 5.75 Å². The van der Waals surface area contributed by atoms with Gasteiger partial charge in [-0.05, 0) is 12.1 Å². The molecule has 0 spiro atoms. The van der Waals surface area contributed by atoms with Crippen LogP contribution < -0.4 is 10.5 Å². The molecule has 2 heterocycles. The van der Waals surface area contributed by atoms with E-state index in [1.165, 1.54) is 6.20 Å². The third-order valence-corrected chi connectivity index (χ3v) is 2.90. The first-order valence-electron chi connectivity index (χ1n) is 5.83. The van der Waals surface area contributed by atoms with Crippen molar-refractivity contribution in [3.8, 4) is 5.75 Å². The van der Waals surface area contributed by atoms with Crippen molar-refractivity contribution in [2.45, 2.75) is 18.6 Å². The average molecular weight is 267 g/mol. The van der Waals surface area contributed by atoms with Gasteiger partial charge in [0.1, 0.15) is 18.0 Å². The number of alkyl halides is 1. The minimum absolute atomic E-state index is 0.0477. The van der Waals surface area contributed by atoms with Gasteiger partial charge in [0.15, 0.2) is 6.61 Å². The standard InChI is InChI=1S/C12H14FN3O3/c13-8-4-10(12(14)18)16(6-8)11(17)7-19-9-2-1-3-15-5-9/h1-3,5,8,10H,4,6-7H2,(H2,14,18)/t8-,10+/m1/s1. The maximum Gasteiger partial charge on any atom is 0.261 e. The number of hydrogen-bond donors (Lipinski definition) is 1. The first-order valence-corrected chi connectivity index (χ1v) is 5.83. The van der Waals surface area contributed by atoms with E-state index >= 15 is 0 Å². The number of pyridine rings is 1. The highest BCUT2D eigenvalue weighted by Gasteiger charge is 2.38. The van der Waals surface area contributed by atoms with Crippen molar-refractivity contribution < 1.29 is 18.7 Å². The Hall–Kier alpha value is -2.18. The zero-order chi connectivity index (χ0) is 13.8. The number of nitrogens with zero attached hydrogens (tertiary/aromatic N) is 2.